The molecular weight excluding hydrogens is 143 g/mol. The van der Waals surface area contributed by atoms with Crippen molar-refractivity contribution in [2.24, 2.45) is 4.76 Å². The normalized spacial score (nSPS) is 21.6. The van der Waals surface area contributed by atoms with Crippen molar-refractivity contribution in [1.29, 1.82) is 5.41 Å². The molecule has 0 aromatic carbocycles. The first-order chi connectivity index (χ1) is 4.74. The van der Waals surface area contributed by atoms with Gasteiger partial charge in [0.2, 0.25) is 0 Å². The maximum Gasteiger partial charge on any atom is 0.0863 e. The van der Waals surface area contributed by atoms with E-state index in [1.54, 1.807) is 6.08 Å². The third-order valence-electron chi connectivity index (χ3n) is 1.29. The molecule has 10 heavy (non-hydrogen) atoms. The van der Waals surface area contributed by atoms with E-state index in [0.717, 1.165) is 11.3 Å². The number of hydrogen-bond acceptors (Lipinski definition) is 2. The van der Waals surface area contributed by atoms with Gasteiger partial charge in [-0.3, -0.25) is 10.2 Å². The summed E-state index contributed by atoms with van der Waals surface area (Å²) in [7, 11) is 2.26. The lowest BCUT2D eigenvalue weighted by atomic mass is 10.1. The lowest BCUT2D eigenvalue weighted by molar-refractivity contribution is 1.49. The van der Waals surface area contributed by atoms with Crippen LogP contribution in [0.1, 0.15) is 6.92 Å². The number of allylic oxidation sites excluding steroid dienone is 4. The molecular formula is C7H9N2P. The van der Waals surface area contributed by atoms with Crippen molar-refractivity contribution in [3.8, 4) is 0 Å². The molecule has 52 valence electrons. The van der Waals surface area contributed by atoms with E-state index in [4.69, 9.17) is 5.41 Å². The molecule has 3 heteroatoms. The fraction of sp³-hybridized carbons (Fsp3) is 0.143. The number of nitrogens with zero attached hydrogens (tertiary/aromatic N) is 1. The number of rotatable bonds is 0. The van der Waals surface area contributed by atoms with Gasteiger partial charge in [-0.15, -0.1) is 0 Å². The number of nitrogens with one attached hydrogen (secondary N) is 1. The highest BCUT2D eigenvalue weighted by molar-refractivity contribution is 7.15. The Bertz CT molecular complexity index is 248. The average molecular weight is 152 g/mol. The minimum atomic E-state index is 0.473. The lowest BCUT2D eigenvalue weighted by Crippen LogP contribution is -2.09. The first kappa shape index (κ1) is 7.36. The molecule has 1 unspecified atom stereocenters. The summed E-state index contributed by atoms with van der Waals surface area (Å²) in [6.07, 6.45) is 5.54. The zero-order valence-electron chi connectivity index (χ0n) is 5.76. The van der Waals surface area contributed by atoms with Gasteiger partial charge in [0.1, 0.15) is 0 Å². The molecule has 0 amide bonds. The highest BCUT2D eigenvalue weighted by Gasteiger charge is 2.03. The van der Waals surface area contributed by atoms with E-state index in [9.17, 15) is 0 Å². The summed E-state index contributed by atoms with van der Waals surface area (Å²) in [4.78, 5) is 0. The van der Waals surface area contributed by atoms with Crippen LogP contribution in [0.5, 0.6) is 0 Å². The van der Waals surface area contributed by atoms with Gasteiger partial charge in [-0.25, -0.2) is 0 Å². The van der Waals surface area contributed by atoms with E-state index in [2.05, 4.69) is 14.2 Å². The zero-order valence-corrected chi connectivity index (χ0v) is 6.91. The Hall–Kier alpha value is -0.750. The van der Waals surface area contributed by atoms with Gasteiger partial charge in [0, 0.05) is 0 Å². The molecule has 1 aliphatic carbocycles. The van der Waals surface area contributed by atoms with Crippen LogP contribution in [0.4, 0.5) is 0 Å². The smallest absolute Gasteiger partial charge is 0.0863 e. The van der Waals surface area contributed by atoms with Gasteiger partial charge >= 0.3 is 0 Å². The van der Waals surface area contributed by atoms with Crippen molar-refractivity contribution in [3.05, 3.63) is 23.8 Å². The summed E-state index contributed by atoms with van der Waals surface area (Å²) < 4.78 is 3.86. The third-order valence-corrected chi connectivity index (χ3v) is 1.57. The number of hydrogen-bond donors (Lipinski definition) is 1. The fourth-order valence-corrected chi connectivity index (χ4v) is 0.962. The van der Waals surface area contributed by atoms with E-state index in [-0.39, 0.29) is 0 Å². The lowest BCUT2D eigenvalue weighted by Gasteiger charge is -2.03. The molecule has 2 nitrogen and oxygen atoms in total. The summed E-state index contributed by atoms with van der Waals surface area (Å²) in [5.41, 5.74) is 2.34. The van der Waals surface area contributed by atoms with Crippen LogP contribution in [0.3, 0.4) is 0 Å². The van der Waals surface area contributed by atoms with Crippen molar-refractivity contribution in [2.45, 2.75) is 6.92 Å². The minimum absolute atomic E-state index is 0.473. The van der Waals surface area contributed by atoms with Gasteiger partial charge in [0.15, 0.2) is 0 Å². The molecule has 1 atom stereocenters. The zero-order chi connectivity index (χ0) is 7.56. The second-order valence-corrected chi connectivity index (χ2v) is 2.41. The molecule has 1 N–H and O–H groups in total. The fourth-order valence-electron chi connectivity index (χ4n) is 0.748. The maximum atomic E-state index is 7.36. The third kappa shape index (κ3) is 1.39. The highest BCUT2D eigenvalue weighted by atomic mass is 31.0. The largest absolute Gasteiger partial charge is 0.299 e. The van der Waals surface area contributed by atoms with E-state index < -0.39 is 0 Å². The minimum Gasteiger partial charge on any atom is -0.299 e. The SMILES string of the molecule is CC1=C/C(=N/P)C(=N)C=C1. The Labute approximate surface area is 62.5 Å². The molecule has 0 aliphatic heterocycles. The van der Waals surface area contributed by atoms with Crippen LogP contribution in [0.25, 0.3) is 0 Å². The summed E-state index contributed by atoms with van der Waals surface area (Å²) in [6.45, 7) is 1.98. The quantitative estimate of drug-likeness (QED) is 0.405. The summed E-state index contributed by atoms with van der Waals surface area (Å²) >= 11 is 0. The topological polar surface area (TPSA) is 36.2 Å². The first-order valence-corrected chi connectivity index (χ1v) is 3.49. The van der Waals surface area contributed by atoms with Crippen molar-refractivity contribution >= 4 is 20.8 Å². The molecule has 0 saturated heterocycles. The highest BCUT2D eigenvalue weighted by Crippen LogP contribution is 2.05. The van der Waals surface area contributed by atoms with Crippen LogP contribution in [-0.4, -0.2) is 11.4 Å². The van der Waals surface area contributed by atoms with Gasteiger partial charge in [0.05, 0.1) is 11.4 Å². The van der Waals surface area contributed by atoms with Crippen LogP contribution in [0, 0.1) is 5.41 Å². The van der Waals surface area contributed by atoms with E-state index in [1.165, 1.54) is 0 Å². The van der Waals surface area contributed by atoms with Crippen LogP contribution in [0.2, 0.25) is 0 Å². The van der Waals surface area contributed by atoms with Crippen LogP contribution in [-0.2, 0) is 0 Å². The van der Waals surface area contributed by atoms with Gasteiger partial charge in [0.25, 0.3) is 0 Å². The molecule has 0 saturated carbocycles. The van der Waals surface area contributed by atoms with Crippen molar-refractivity contribution in [2.75, 3.05) is 0 Å². The Morgan fingerprint density at radius 3 is 2.70 bits per heavy atom. The molecule has 1 rings (SSSR count). The Balaban J connectivity index is 2.99. The summed E-state index contributed by atoms with van der Waals surface area (Å²) in [5.74, 6) is 0. The predicted molar refractivity (Wildman–Crippen MR) is 47.8 cm³/mol. The van der Waals surface area contributed by atoms with Crippen molar-refractivity contribution in [1.82, 2.24) is 0 Å². The molecule has 1 aliphatic rings. The van der Waals surface area contributed by atoms with E-state index in [1.807, 2.05) is 19.1 Å². The Kier molecular flexibility index (Phi) is 2.13. The van der Waals surface area contributed by atoms with E-state index >= 15 is 0 Å². The molecule has 0 bridgehead atoms. The van der Waals surface area contributed by atoms with Crippen molar-refractivity contribution < 1.29 is 0 Å². The predicted octanol–water partition coefficient (Wildman–Crippen LogP) is 1.75. The van der Waals surface area contributed by atoms with Gasteiger partial charge < -0.3 is 0 Å². The molecule has 0 aromatic heterocycles. The molecule has 0 aromatic rings. The molecule has 0 heterocycles. The van der Waals surface area contributed by atoms with Crippen molar-refractivity contribution in [3.63, 3.8) is 0 Å². The van der Waals surface area contributed by atoms with Gasteiger partial charge in [-0.2, -0.15) is 0 Å². The second kappa shape index (κ2) is 2.89. The van der Waals surface area contributed by atoms with Gasteiger partial charge in [-0.1, -0.05) is 6.08 Å². The molecule has 0 spiro atoms. The van der Waals surface area contributed by atoms with Crippen LogP contribution >= 0.6 is 9.39 Å². The van der Waals surface area contributed by atoms with Crippen LogP contribution in [0.15, 0.2) is 28.6 Å². The second-order valence-electron chi connectivity index (χ2n) is 2.15. The average Bonchev–Trinajstić information content (AvgIpc) is 1.94. The molecule has 0 fully saturated rings. The van der Waals surface area contributed by atoms with Gasteiger partial charge in [-0.05, 0) is 34.0 Å². The Morgan fingerprint density at radius 2 is 2.20 bits per heavy atom. The van der Waals surface area contributed by atoms with E-state index in [0.29, 0.717) is 5.71 Å². The van der Waals surface area contributed by atoms with Crippen LogP contribution < -0.4 is 0 Å². The maximum absolute atomic E-state index is 7.36. The molecule has 0 radical (unpaired) electrons. The monoisotopic (exact) mass is 152 g/mol. The Morgan fingerprint density at radius 1 is 1.50 bits per heavy atom. The first-order valence-electron chi connectivity index (χ1n) is 2.97. The summed E-state index contributed by atoms with van der Waals surface area (Å²) in [5, 5.41) is 7.36. The summed E-state index contributed by atoms with van der Waals surface area (Å²) in [6, 6.07) is 0. The standard InChI is InChI=1S/C7H9N2P/c1-5-2-3-6(8)7(4-5)9-10/h2-4,8H,10H2,1H3/b8-6?,9-7-.